The molecule has 0 unspecified atom stereocenters. The van der Waals surface area contributed by atoms with Gasteiger partial charge in [-0.1, -0.05) is 0 Å². The number of hydrogen-bond donors (Lipinski definition) is 0. The van der Waals surface area contributed by atoms with E-state index in [-0.39, 0.29) is 30.5 Å². The Morgan fingerprint density at radius 1 is 0.871 bits per heavy atom. The maximum Gasteiger partial charge on any atom is 0.310 e. The van der Waals surface area contributed by atoms with Crippen LogP contribution in [-0.2, 0) is 16.0 Å². The molecule has 1 saturated heterocycles. The Balaban J connectivity index is 1.78. The minimum Gasteiger partial charge on any atom is -0.493 e. The summed E-state index contributed by atoms with van der Waals surface area (Å²) >= 11 is 0. The maximum atomic E-state index is 12.9. The summed E-state index contributed by atoms with van der Waals surface area (Å²) in [7, 11) is 6.34. The Labute approximate surface area is 179 Å². The van der Waals surface area contributed by atoms with Gasteiger partial charge in [0.05, 0.1) is 41.0 Å². The van der Waals surface area contributed by atoms with Crippen molar-refractivity contribution in [3.8, 4) is 34.5 Å². The van der Waals surface area contributed by atoms with Crippen molar-refractivity contribution in [1.82, 2.24) is 0 Å². The third-order valence-corrected chi connectivity index (χ3v) is 6.37. The molecule has 0 spiro atoms. The number of cyclic esters (lactones) is 1. The smallest absolute Gasteiger partial charge is 0.310 e. The quantitative estimate of drug-likeness (QED) is 0.673. The van der Waals surface area contributed by atoms with E-state index < -0.39 is 0 Å². The zero-order valence-electron chi connectivity index (χ0n) is 17.9. The zero-order chi connectivity index (χ0) is 21.7. The minimum absolute atomic E-state index is 0.0456. The minimum atomic E-state index is -0.357. The van der Waals surface area contributed by atoms with Crippen LogP contribution < -0.4 is 28.4 Å². The van der Waals surface area contributed by atoms with Gasteiger partial charge in [0.1, 0.15) is 0 Å². The molecular formula is C23H24O8. The van der Waals surface area contributed by atoms with Gasteiger partial charge >= 0.3 is 5.97 Å². The molecule has 0 saturated carbocycles. The molecule has 0 bridgehead atoms. The van der Waals surface area contributed by atoms with Gasteiger partial charge in [-0.2, -0.15) is 0 Å². The molecule has 2 heterocycles. The van der Waals surface area contributed by atoms with Gasteiger partial charge in [-0.05, 0) is 35.7 Å². The monoisotopic (exact) mass is 428 g/mol. The highest BCUT2D eigenvalue weighted by atomic mass is 16.7. The van der Waals surface area contributed by atoms with Crippen LogP contribution in [0.1, 0.15) is 22.6 Å². The number of methoxy groups -OCH3 is 4. The first-order valence-electron chi connectivity index (χ1n) is 10.1. The van der Waals surface area contributed by atoms with E-state index in [0.717, 1.165) is 16.7 Å². The summed E-state index contributed by atoms with van der Waals surface area (Å²) in [5, 5.41) is 0. The number of fused-ring (bicyclic) bond motifs is 3. The van der Waals surface area contributed by atoms with Gasteiger partial charge in [0.15, 0.2) is 23.0 Å². The van der Waals surface area contributed by atoms with Gasteiger partial charge in [0, 0.05) is 17.4 Å². The zero-order valence-corrected chi connectivity index (χ0v) is 17.9. The number of carbonyl (C=O) groups excluding carboxylic acids is 1. The second-order valence-electron chi connectivity index (χ2n) is 7.77. The van der Waals surface area contributed by atoms with Crippen molar-refractivity contribution in [3.05, 3.63) is 34.9 Å². The van der Waals surface area contributed by atoms with E-state index in [1.54, 1.807) is 28.4 Å². The van der Waals surface area contributed by atoms with Gasteiger partial charge in [0.25, 0.3) is 0 Å². The van der Waals surface area contributed by atoms with Crippen LogP contribution in [0.15, 0.2) is 18.2 Å². The van der Waals surface area contributed by atoms with Crippen LogP contribution in [0.3, 0.4) is 0 Å². The van der Waals surface area contributed by atoms with Gasteiger partial charge < -0.3 is 33.2 Å². The summed E-state index contributed by atoms with van der Waals surface area (Å²) in [5.41, 5.74) is 2.79. The van der Waals surface area contributed by atoms with Crippen LogP contribution in [0.5, 0.6) is 34.5 Å². The standard InChI is InChI=1S/C23H24O8/c1-25-14-7-12(8-16-20(14)31-10-30-16)17-18-11(5-13-9-29-23(24)19(13)17)6-15(26-2)21(27-3)22(18)28-4/h6-8,13,17,19H,5,9-10H2,1-4H3/t13-,17+,19+/m1/s1. The fourth-order valence-corrected chi connectivity index (χ4v) is 5.08. The Morgan fingerprint density at radius 3 is 2.35 bits per heavy atom. The van der Waals surface area contributed by atoms with E-state index in [1.165, 1.54) is 0 Å². The molecule has 0 N–H and O–H groups in total. The van der Waals surface area contributed by atoms with Gasteiger partial charge in [0.2, 0.25) is 18.3 Å². The highest BCUT2D eigenvalue weighted by molar-refractivity contribution is 5.79. The average Bonchev–Trinajstić information content (AvgIpc) is 3.42. The van der Waals surface area contributed by atoms with Crippen molar-refractivity contribution in [1.29, 1.82) is 0 Å². The highest BCUT2D eigenvalue weighted by Gasteiger charge is 2.49. The number of carbonyl (C=O) groups is 1. The van der Waals surface area contributed by atoms with E-state index in [2.05, 4.69) is 0 Å². The van der Waals surface area contributed by atoms with Crippen LogP contribution in [-0.4, -0.2) is 47.8 Å². The van der Waals surface area contributed by atoms with Crippen molar-refractivity contribution in [3.63, 3.8) is 0 Å². The molecule has 2 aromatic carbocycles. The van der Waals surface area contributed by atoms with Gasteiger partial charge in [-0.15, -0.1) is 0 Å². The van der Waals surface area contributed by atoms with E-state index in [0.29, 0.717) is 47.5 Å². The summed E-state index contributed by atoms with van der Waals surface area (Å²) in [5.74, 6) is 2.48. The van der Waals surface area contributed by atoms with Crippen molar-refractivity contribution in [2.45, 2.75) is 12.3 Å². The molecule has 1 fully saturated rings. The lowest BCUT2D eigenvalue weighted by atomic mass is 9.67. The summed E-state index contributed by atoms with van der Waals surface area (Å²) < 4.78 is 39.2. The molecule has 0 radical (unpaired) electrons. The summed E-state index contributed by atoms with van der Waals surface area (Å²) in [4.78, 5) is 12.9. The van der Waals surface area contributed by atoms with E-state index in [9.17, 15) is 4.79 Å². The third kappa shape index (κ3) is 2.85. The molecular weight excluding hydrogens is 404 g/mol. The maximum absolute atomic E-state index is 12.9. The normalized spacial score (nSPS) is 23.0. The van der Waals surface area contributed by atoms with Crippen LogP contribution in [0.4, 0.5) is 0 Å². The summed E-state index contributed by atoms with van der Waals surface area (Å²) in [6.45, 7) is 0.511. The Hall–Kier alpha value is -3.29. The molecule has 0 amide bonds. The Morgan fingerprint density at radius 2 is 1.65 bits per heavy atom. The first-order valence-corrected chi connectivity index (χ1v) is 10.1. The molecule has 5 rings (SSSR count). The molecule has 8 heteroatoms. The fourth-order valence-electron chi connectivity index (χ4n) is 5.08. The van der Waals surface area contributed by atoms with Crippen molar-refractivity contribution >= 4 is 5.97 Å². The molecule has 0 aromatic heterocycles. The first-order chi connectivity index (χ1) is 15.1. The highest BCUT2D eigenvalue weighted by Crippen LogP contribution is 2.56. The summed E-state index contributed by atoms with van der Waals surface area (Å²) in [6, 6.07) is 5.77. The first kappa shape index (κ1) is 19.7. The van der Waals surface area contributed by atoms with E-state index in [1.807, 2.05) is 18.2 Å². The molecule has 3 aliphatic rings. The molecule has 2 aliphatic heterocycles. The SMILES string of the molecule is COc1cc([C@H]2c3c(cc(OC)c(OC)c3OC)C[C@@H]3COC(=O)[C@@H]32)cc2c1OCO2. The largest absolute Gasteiger partial charge is 0.493 e. The second kappa shape index (κ2) is 7.44. The molecule has 164 valence electrons. The lowest BCUT2D eigenvalue weighted by molar-refractivity contribution is -0.141. The number of rotatable bonds is 5. The second-order valence-corrected chi connectivity index (χ2v) is 7.77. The van der Waals surface area contributed by atoms with Crippen LogP contribution >= 0.6 is 0 Å². The predicted octanol–water partition coefficient (Wildman–Crippen LogP) is 2.93. The lowest BCUT2D eigenvalue weighted by Gasteiger charge is -2.35. The van der Waals surface area contributed by atoms with Gasteiger partial charge in [-0.25, -0.2) is 0 Å². The van der Waals surface area contributed by atoms with Crippen molar-refractivity contribution in [2.24, 2.45) is 11.8 Å². The predicted molar refractivity (Wildman–Crippen MR) is 109 cm³/mol. The van der Waals surface area contributed by atoms with E-state index >= 15 is 0 Å². The van der Waals surface area contributed by atoms with Crippen molar-refractivity contribution in [2.75, 3.05) is 41.8 Å². The average molecular weight is 428 g/mol. The van der Waals surface area contributed by atoms with Crippen LogP contribution in [0.2, 0.25) is 0 Å². The molecule has 8 nitrogen and oxygen atoms in total. The Kier molecular flexibility index (Phi) is 4.72. The van der Waals surface area contributed by atoms with Crippen LogP contribution in [0, 0.1) is 11.8 Å². The molecule has 31 heavy (non-hydrogen) atoms. The molecule has 2 aromatic rings. The number of ether oxygens (including phenoxy) is 7. The fraction of sp³-hybridized carbons (Fsp3) is 0.435. The summed E-state index contributed by atoms with van der Waals surface area (Å²) in [6.07, 6.45) is 0.681. The third-order valence-electron chi connectivity index (χ3n) is 6.37. The number of benzene rings is 2. The molecule has 3 atom stereocenters. The van der Waals surface area contributed by atoms with Crippen LogP contribution in [0.25, 0.3) is 0 Å². The van der Waals surface area contributed by atoms with Gasteiger partial charge in [-0.3, -0.25) is 4.79 Å². The van der Waals surface area contributed by atoms with Crippen molar-refractivity contribution < 1.29 is 38.0 Å². The number of hydrogen-bond acceptors (Lipinski definition) is 8. The molecule has 1 aliphatic carbocycles. The topological polar surface area (TPSA) is 81.7 Å². The lowest BCUT2D eigenvalue weighted by Crippen LogP contribution is -2.32. The Bertz CT molecular complexity index is 1050. The number of esters is 1. The van der Waals surface area contributed by atoms with E-state index in [4.69, 9.17) is 33.2 Å².